The van der Waals surface area contributed by atoms with Crippen LogP contribution in [0.25, 0.3) is 0 Å². The molecule has 0 amide bonds. The van der Waals surface area contributed by atoms with Crippen LogP contribution in [0.4, 0.5) is 11.5 Å². The average molecular weight is 615 g/mol. The lowest BCUT2D eigenvalue weighted by Gasteiger charge is -2.36. The van der Waals surface area contributed by atoms with Gasteiger partial charge in [0, 0.05) is 75.1 Å². The minimum Gasteiger partial charge on any atom is -0.473 e. The van der Waals surface area contributed by atoms with Crippen LogP contribution in [-0.2, 0) is 23.7 Å². The van der Waals surface area contributed by atoms with Gasteiger partial charge in [-0.1, -0.05) is 6.07 Å². The number of thioether (sulfide) groups is 1. The van der Waals surface area contributed by atoms with Crippen LogP contribution >= 0.6 is 11.8 Å². The number of pyridine rings is 1. The number of piperazine rings is 1. The van der Waals surface area contributed by atoms with E-state index >= 15 is 0 Å². The van der Waals surface area contributed by atoms with E-state index in [9.17, 15) is 24.5 Å². The maximum Gasteiger partial charge on any atom is 0.414 e. The highest BCUT2D eigenvalue weighted by molar-refractivity contribution is 7.99. The number of nitrogens with zero attached hydrogens (tertiary/aromatic N) is 6. The molecular weight excluding hydrogens is 584 g/mol. The van der Waals surface area contributed by atoms with Crippen molar-refractivity contribution in [3.63, 3.8) is 0 Å². The molecular formula is C27H30N6O9S. The molecule has 3 aromatic rings. The number of nitro groups is 1. The first-order valence-electron chi connectivity index (χ1n) is 13.0. The van der Waals surface area contributed by atoms with Crippen molar-refractivity contribution in [2.45, 2.75) is 11.3 Å². The first kappa shape index (κ1) is 32.7. The monoisotopic (exact) mass is 614 g/mol. The number of anilines is 1. The van der Waals surface area contributed by atoms with Crippen molar-refractivity contribution in [2.24, 2.45) is 14.1 Å². The average Bonchev–Trinajstić information content (AvgIpc) is 3.00. The van der Waals surface area contributed by atoms with Crippen LogP contribution < -0.4 is 16.1 Å². The second kappa shape index (κ2) is 14.9. The highest BCUT2D eigenvalue weighted by atomic mass is 32.2. The molecule has 0 atom stereocenters. The maximum absolute atomic E-state index is 13.0. The Balaban J connectivity index is 0.000000765. The van der Waals surface area contributed by atoms with Crippen LogP contribution in [0.3, 0.4) is 0 Å². The van der Waals surface area contributed by atoms with Gasteiger partial charge in [0.1, 0.15) is 11.5 Å². The van der Waals surface area contributed by atoms with E-state index < -0.39 is 16.9 Å². The third kappa shape index (κ3) is 8.59. The van der Waals surface area contributed by atoms with Gasteiger partial charge in [0.2, 0.25) is 5.78 Å². The molecule has 0 saturated carbocycles. The molecule has 3 heterocycles. The molecule has 2 N–H and O–H groups in total. The van der Waals surface area contributed by atoms with E-state index in [0.29, 0.717) is 23.8 Å². The number of hydrogen-bond acceptors (Lipinski definition) is 11. The number of rotatable bonds is 9. The summed E-state index contributed by atoms with van der Waals surface area (Å²) in [5, 5.41) is 26.1. The Bertz CT molecular complexity index is 1600. The smallest absolute Gasteiger partial charge is 0.414 e. The topological polar surface area (TPSA) is 198 Å². The van der Waals surface area contributed by atoms with E-state index in [2.05, 4.69) is 14.8 Å². The summed E-state index contributed by atoms with van der Waals surface area (Å²) >= 11 is 1.50. The Morgan fingerprint density at radius 1 is 0.977 bits per heavy atom. The Labute approximate surface area is 249 Å². The third-order valence-corrected chi connectivity index (χ3v) is 7.73. The molecule has 0 spiro atoms. The van der Waals surface area contributed by atoms with E-state index in [1.165, 1.54) is 47.8 Å². The summed E-state index contributed by atoms with van der Waals surface area (Å²) in [4.78, 5) is 75.4. The largest absolute Gasteiger partial charge is 0.473 e. The molecule has 43 heavy (non-hydrogen) atoms. The summed E-state index contributed by atoms with van der Waals surface area (Å²) in [5.41, 5.74) is -0.253. The molecule has 1 aliphatic heterocycles. The molecule has 228 valence electrons. The summed E-state index contributed by atoms with van der Waals surface area (Å²) < 4.78 is 2.60. The quantitative estimate of drug-likeness (QED) is 0.0867. The van der Waals surface area contributed by atoms with Gasteiger partial charge in [0.25, 0.3) is 11.2 Å². The molecule has 2 aromatic heterocycles. The number of nitro benzene ring substituents is 1. The molecule has 1 saturated heterocycles. The normalized spacial score (nSPS) is 13.1. The number of hydrogen-bond donors (Lipinski definition) is 2. The number of aromatic nitrogens is 3. The zero-order valence-corrected chi connectivity index (χ0v) is 24.2. The molecule has 1 aromatic carbocycles. The highest BCUT2D eigenvalue weighted by Crippen LogP contribution is 2.29. The number of carboxylic acids is 2. The fourth-order valence-electron chi connectivity index (χ4n) is 4.27. The lowest BCUT2D eigenvalue weighted by Crippen LogP contribution is -2.49. The van der Waals surface area contributed by atoms with Crippen LogP contribution in [-0.4, -0.2) is 90.4 Å². The number of carbonyl (C=O) groups excluding carboxylic acids is 1. The summed E-state index contributed by atoms with van der Waals surface area (Å²) in [7, 11) is 3.14. The van der Waals surface area contributed by atoms with Crippen molar-refractivity contribution >= 4 is 41.0 Å². The Kier molecular flexibility index (Phi) is 11.3. The molecule has 4 rings (SSSR count). The number of ketones is 1. The van der Waals surface area contributed by atoms with Gasteiger partial charge in [0.15, 0.2) is 0 Å². The number of benzene rings is 1. The zero-order chi connectivity index (χ0) is 31.7. The summed E-state index contributed by atoms with van der Waals surface area (Å²) in [5.74, 6) is -2.62. The summed E-state index contributed by atoms with van der Waals surface area (Å²) in [6.07, 6.45) is 2.39. The summed E-state index contributed by atoms with van der Waals surface area (Å²) in [6, 6.07) is 10.9. The second-order valence-electron chi connectivity index (χ2n) is 9.36. The van der Waals surface area contributed by atoms with Crippen molar-refractivity contribution < 1.29 is 29.5 Å². The first-order chi connectivity index (χ1) is 20.4. The molecule has 0 bridgehead atoms. The zero-order valence-electron chi connectivity index (χ0n) is 23.4. The number of carbonyl (C=O) groups is 3. The van der Waals surface area contributed by atoms with Crippen molar-refractivity contribution in [1.82, 2.24) is 19.0 Å². The molecule has 0 aliphatic carbocycles. The minimum atomic E-state index is -1.82. The SMILES string of the molecule is Cn1c(N2CCN(CCCSc3ccc([N+](=O)[O-])cc3C(=O)c3ccccn3)CC2)cc(=O)n(C)c1=O.O=C(O)C(=O)O. The second-order valence-corrected chi connectivity index (χ2v) is 10.5. The van der Waals surface area contributed by atoms with Crippen molar-refractivity contribution in [3.05, 3.63) is 90.9 Å². The highest BCUT2D eigenvalue weighted by Gasteiger charge is 2.21. The standard InChI is InChI=1S/C25H28N6O5S.C2H2O4/c1-27-22(17-23(32)28(2)25(27)34)30-13-11-29(12-14-30)10-5-15-37-21-8-7-18(31(35)36)16-19(21)24(33)20-6-3-4-9-26-20;3-1(4)2(5)6/h3-4,6-9,16-17H,5,10-15H2,1-2H3;(H,3,4)(H,5,6). The van der Waals surface area contributed by atoms with Gasteiger partial charge in [0.05, 0.1) is 4.92 Å². The van der Waals surface area contributed by atoms with Crippen LogP contribution in [0.2, 0.25) is 0 Å². The van der Waals surface area contributed by atoms with E-state index in [-0.39, 0.29) is 34.0 Å². The Morgan fingerprint density at radius 2 is 1.65 bits per heavy atom. The van der Waals surface area contributed by atoms with E-state index in [1.54, 1.807) is 31.3 Å². The van der Waals surface area contributed by atoms with Crippen LogP contribution in [0.15, 0.2) is 63.1 Å². The lowest BCUT2D eigenvalue weighted by atomic mass is 10.1. The Hall–Kier alpha value is -4.83. The third-order valence-electron chi connectivity index (χ3n) is 6.57. The van der Waals surface area contributed by atoms with Gasteiger partial charge in [-0.2, -0.15) is 0 Å². The lowest BCUT2D eigenvalue weighted by molar-refractivity contribution is -0.384. The van der Waals surface area contributed by atoms with E-state index in [4.69, 9.17) is 19.8 Å². The fourth-order valence-corrected chi connectivity index (χ4v) is 5.23. The minimum absolute atomic E-state index is 0.129. The van der Waals surface area contributed by atoms with Gasteiger partial charge in [-0.3, -0.25) is 38.7 Å². The number of carboxylic acid groups (broad SMARTS) is 2. The summed E-state index contributed by atoms with van der Waals surface area (Å²) in [6.45, 7) is 3.87. The first-order valence-corrected chi connectivity index (χ1v) is 14.0. The van der Waals surface area contributed by atoms with Crippen molar-refractivity contribution in [3.8, 4) is 0 Å². The van der Waals surface area contributed by atoms with Gasteiger partial charge < -0.3 is 15.1 Å². The van der Waals surface area contributed by atoms with Crippen LogP contribution in [0.1, 0.15) is 22.5 Å². The molecule has 0 radical (unpaired) electrons. The fraction of sp³-hybridized carbons (Fsp3) is 0.333. The van der Waals surface area contributed by atoms with Gasteiger partial charge in [-0.15, -0.1) is 11.8 Å². The van der Waals surface area contributed by atoms with E-state index in [0.717, 1.165) is 36.4 Å². The van der Waals surface area contributed by atoms with Crippen LogP contribution in [0, 0.1) is 10.1 Å². The van der Waals surface area contributed by atoms with Crippen LogP contribution in [0.5, 0.6) is 0 Å². The van der Waals surface area contributed by atoms with E-state index in [1.807, 2.05) is 0 Å². The van der Waals surface area contributed by atoms with Gasteiger partial charge in [-0.25, -0.2) is 14.4 Å². The molecule has 16 heteroatoms. The molecule has 15 nitrogen and oxygen atoms in total. The predicted molar refractivity (Wildman–Crippen MR) is 157 cm³/mol. The molecule has 0 unspecified atom stereocenters. The molecule has 1 aliphatic rings. The van der Waals surface area contributed by atoms with Gasteiger partial charge >= 0.3 is 17.6 Å². The Morgan fingerprint density at radius 3 is 2.23 bits per heavy atom. The van der Waals surface area contributed by atoms with Crippen molar-refractivity contribution in [1.29, 1.82) is 0 Å². The van der Waals surface area contributed by atoms with Gasteiger partial charge in [-0.05, 0) is 36.9 Å². The maximum atomic E-state index is 13.0. The van der Waals surface area contributed by atoms with Crippen molar-refractivity contribution in [2.75, 3.05) is 43.4 Å². The number of aliphatic carboxylic acids is 2. The number of non-ortho nitro benzene ring substituents is 1. The predicted octanol–water partition coefficient (Wildman–Crippen LogP) is 1.08. The molecule has 1 fully saturated rings.